The van der Waals surface area contributed by atoms with E-state index in [1.54, 1.807) is 4.68 Å². The Bertz CT molecular complexity index is 929. The van der Waals surface area contributed by atoms with E-state index < -0.39 is 0 Å². The molecule has 2 aromatic carbocycles. The Hall–Kier alpha value is -3.15. The van der Waals surface area contributed by atoms with Crippen LogP contribution in [0.3, 0.4) is 0 Å². The van der Waals surface area contributed by atoms with E-state index in [-0.39, 0.29) is 5.91 Å². The molecule has 0 spiro atoms. The molecule has 6 nitrogen and oxygen atoms in total. The summed E-state index contributed by atoms with van der Waals surface area (Å²) in [6, 6.07) is 13.4. The summed E-state index contributed by atoms with van der Waals surface area (Å²) in [4.78, 5) is 12.6. The quantitative estimate of drug-likeness (QED) is 0.759. The van der Waals surface area contributed by atoms with Crippen LogP contribution in [0.4, 0.5) is 5.69 Å². The molecule has 1 amide bonds. The molecule has 0 saturated heterocycles. The first-order valence-corrected chi connectivity index (χ1v) is 8.53. The van der Waals surface area contributed by atoms with Crippen molar-refractivity contribution in [3.63, 3.8) is 0 Å². The number of aryl methyl sites for hydroxylation is 2. The number of carbonyl (C=O) groups is 1. The molecule has 3 aromatic rings. The second-order valence-corrected chi connectivity index (χ2v) is 6.13. The Morgan fingerprint density at radius 2 is 1.85 bits per heavy atom. The van der Waals surface area contributed by atoms with Crippen LogP contribution < -0.4 is 10.1 Å². The predicted molar refractivity (Wildman–Crippen MR) is 101 cm³/mol. The topological polar surface area (TPSA) is 69.0 Å². The van der Waals surface area contributed by atoms with Crippen molar-refractivity contribution in [3.05, 3.63) is 65.0 Å². The number of aromatic nitrogens is 3. The molecule has 0 aliphatic heterocycles. The van der Waals surface area contributed by atoms with Gasteiger partial charge in [-0.3, -0.25) is 4.79 Å². The van der Waals surface area contributed by atoms with Crippen LogP contribution in [-0.2, 0) is 0 Å². The maximum absolute atomic E-state index is 12.6. The minimum absolute atomic E-state index is 0.272. The van der Waals surface area contributed by atoms with Gasteiger partial charge in [0.2, 0.25) is 0 Å². The Morgan fingerprint density at radius 1 is 1.12 bits per heavy atom. The van der Waals surface area contributed by atoms with Crippen LogP contribution in [0.5, 0.6) is 5.75 Å². The van der Waals surface area contributed by atoms with Crippen molar-refractivity contribution in [1.29, 1.82) is 0 Å². The van der Waals surface area contributed by atoms with E-state index in [0.29, 0.717) is 18.0 Å². The molecule has 1 heterocycles. The molecule has 6 heteroatoms. The van der Waals surface area contributed by atoms with Crippen molar-refractivity contribution in [2.75, 3.05) is 11.9 Å². The van der Waals surface area contributed by atoms with Crippen molar-refractivity contribution >= 4 is 11.6 Å². The van der Waals surface area contributed by atoms with E-state index in [1.807, 2.05) is 70.2 Å². The maximum atomic E-state index is 12.6. The van der Waals surface area contributed by atoms with E-state index in [1.165, 1.54) is 0 Å². The molecule has 0 radical (unpaired) electrons. The lowest BCUT2D eigenvalue weighted by atomic mass is 10.1. The second-order valence-electron chi connectivity index (χ2n) is 6.13. The number of nitrogens with one attached hydrogen (secondary N) is 1. The fourth-order valence-corrected chi connectivity index (χ4v) is 2.77. The van der Waals surface area contributed by atoms with Gasteiger partial charge < -0.3 is 10.1 Å². The normalized spacial score (nSPS) is 10.6. The van der Waals surface area contributed by atoms with Gasteiger partial charge in [0, 0.05) is 5.69 Å². The Balaban J connectivity index is 1.82. The Labute approximate surface area is 152 Å². The third kappa shape index (κ3) is 3.59. The van der Waals surface area contributed by atoms with Crippen molar-refractivity contribution < 1.29 is 9.53 Å². The molecule has 1 N–H and O–H groups in total. The first-order chi connectivity index (χ1) is 12.5. The summed E-state index contributed by atoms with van der Waals surface area (Å²) < 4.78 is 7.09. The standard InChI is InChI=1S/C20H22N4O2/c1-5-26-17-9-7-16(8-10-17)24-15(4)19(22-23-24)20(25)21-18-11-6-13(2)12-14(18)3/h6-12H,5H2,1-4H3,(H,21,25). The molecule has 3 rings (SSSR count). The van der Waals surface area contributed by atoms with Crippen LogP contribution in [0.2, 0.25) is 0 Å². The zero-order valence-electron chi connectivity index (χ0n) is 15.4. The number of carbonyl (C=O) groups excluding carboxylic acids is 1. The SMILES string of the molecule is CCOc1ccc(-n2nnc(C(=O)Nc3ccc(C)cc3C)c2C)cc1. The Morgan fingerprint density at radius 3 is 2.50 bits per heavy atom. The van der Waals surface area contributed by atoms with Gasteiger partial charge in [0.1, 0.15) is 5.75 Å². The van der Waals surface area contributed by atoms with Gasteiger partial charge in [0.05, 0.1) is 18.0 Å². The van der Waals surface area contributed by atoms with E-state index in [0.717, 1.165) is 28.3 Å². The molecule has 0 bridgehead atoms. The van der Waals surface area contributed by atoms with E-state index in [9.17, 15) is 4.79 Å². The number of hydrogen-bond acceptors (Lipinski definition) is 4. The zero-order chi connectivity index (χ0) is 18.7. The first kappa shape index (κ1) is 17.7. The van der Waals surface area contributed by atoms with Crippen molar-refractivity contribution in [1.82, 2.24) is 15.0 Å². The van der Waals surface area contributed by atoms with Gasteiger partial charge in [0.15, 0.2) is 5.69 Å². The monoisotopic (exact) mass is 350 g/mol. The largest absolute Gasteiger partial charge is 0.494 e. The van der Waals surface area contributed by atoms with E-state index in [4.69, 9.17) is 4.74 Å². The second kappa shape index (κ2) is 7.39. The summed E-state index contributed by atoms with van der Waals surface area (Å²) in [5.41, 5.74) is 4.74. The lowest BCUT2D eigenvalue weighted by molar-refractivity contribution is 0.102. The summed E-state index contributed by atoms with van der Waals surface area (Å²) in [6.07, 6.45) is 0. The van der Waals surface area contributed by atoms with Gasteiger partial charge in [-0.05, 0) is 63.6 Å². The van der Waals surface area contributed by atoms with Gasteiger partial charge in [-0.15, -0.1) is 5.10 Å². The lowest BCUT2D eigenvalue weighted by Crippen LogP contribution is -2.15. The highest BCUT2D eigenvalue weighted by Gasteiger charge is 2.18. The predicted octanol–water partition coefficient (Wildman–Crippen LogP) is 3.84. The molecule has 1 aromatic heterocycles. The average molecular weight is 350 g/mol. The summed E-state index contributed by atoms with van der Waals surface area (Å²) >= 11 is 0. The van der Waals surface area contributed by atoms with Crippen LogP contribution in [0.15, 0.2) is 42.5 Å². The van der Waals surface area contributed by atoms with Crippen LogP contribution in [-0.4, -0.2) is 27.5 Å². The molecular weight excluding hydrogens is 328 g/mol. The van der Waals surface area contributed by atoms with E-state index >= 15 is 0 Å². The number of rotatable bonds is 5. The molecule has 0 atom stereocenters. The van der Waals surface area contributed by atoms with E-state index in [2.05, 4.69) is 15.6 Å². The number of benzene rings is 2. The number of ether oxygens (including phenoxy) is 1. The smallest absolute Gasteiger partial charge is 0.278 e. The first-order valence-electron chi connectivity index (χ1n) is 8.53. The third-order valence-electron chi connectivity index (χ3n) is 4.13. The number of nitrogens with zero attached hydrogens (tertiary/aromatic N) is 3. The van der Waals surface area contributed by atoms with Gasteiger partial charge in [0.25, 0.3) is 5.91 Å². The molecule has 0 aliphatic carbocycles. The number of anilines is 1. The van der Waals surface area contributed by atoms with Crippen LogP contribution in [0.25, 0.3) is 5.69 Å². The highest BCUT2D eigenvalue weighted by molar-refractivity contribution is 6.04. The minimum atomic E-state index is -0.272. The minimum Gasteiger partial charge on any atom is -0.494 e. The fraction of sp³-hybridized carbons (Fsp3) is 0.250. The van der Waals surface area contributed by atoms with Gasteiger partial charge in [-0.25, -0.2) is 4.68 Å². The molecular formula is C20H22N4O2. The van der Waals surface area contributed by atoms with Crippen LogP contribution >= 0.6 is 0 Å². The fourth-order valence-electron chi connectivity index (χ4n) is 2.77. The molecule has 0 fully saturated rings. The van der Waals surface area contributed by atoms with Crippen molar-refractivity contribution in [2.24, 2.45) is 0 Å². The van der Waals surface area contributed by atoms with Gasteiger partial charge >= 0.3 is 0 Å². The maximum Gasteiger partial charge on any atom is 0.278 e. The molecule has 134 valence electrons. The number of hydrogen-bond donors (Lipinski definition) is 1. The highest BCUT2D eigenvalue weighted by Crippen LogP contribution is 2.20. The van der Waals surface area contributed by atoms with Gasteiger partial charge in [-0.2, -0.15) is 0 Å². The third-order valence-corrected chi connectivity index (χ3v) is 4.13. The molecule has 0 aliphatic rings. The zero-order valence-corrected chi connectivity index (χ0v) is 15.4. The summed E-state index contributed by atoms with van der Waals surface area (Å²) in [7, 11) is 0. The van der Waals surface area contributed by atoms with Crippen LogP contribution in [0, 0.1) is 20.8 Å². The highest BCUT2D eigenvalue weighted by atomic mass is 16.5. The summed E-state index contributed by atoms with van der Waals surface area (Å²) in [5, 5.41) is 11.1. The number of amides is 1. The average Bonchev–Trinajstić information content (AvgIpc) is 3.00. The summed E-state index contributed by atoms with van der Waals surface area (Å²) in [6.45, 7) is 8.37. The lowest BCUT2D eigenvalue weighted by Gasteiger charge is -2.09. The Kier molecular flexibility index (Phi) is 5.02. The van der Waals surface area contributed by atoms with Crippen molar-refractivity contribution in [3.8, 4) is 11.4 Å². The summed E-state index contributed by atoms with van der Waals surface area (Å²) in [5.74, 6) is 0.522. The van der Waals surface area contributed by atoms with Gasteiger partial charge in [-0.1, -0.05) is 22.9 Å². The van der Waals surface area contributed by atoms with Crippen molar-refractivity contribution in [2.45, 2.75) is 27.7 Å². The molecule has 0 unspecified atom stereocenters. The molecule has 26 heavy (non-hydrogen) atoms. The molecule has 0 saturated carbocycles. The van der Waals surface area contributed by atoms with Crippen LogP contribution in [0.1, 0.15) is 34.2 Å².